The largest absolute Gasteiger partial charge is 0.312 e. The molecule has 0 aromatic heterocycles. The van der Waals surface area contributed by atoms with Crippen molar-refractivity contribution in [1.29, 1.82) is 0 Å². The van der Waals surface area contributed by atoms with Crippen LogP contribution in [0, 0.1) is 0 Å². The minimum Gasteiger partial charge on any atom is -0.312 e. The summed E-state index contributed by atoms with van der Waals surface area (Å²) in [5, 5.41) is 3.23. The predicted octanol–water partition coefficient (Wildman–Crippen LogP) is 1.52. The minimum absolute atomic E-state index is 0.935. The van der Waals surface area contributed by atoms with E-state index in [0.29, 0.717) is 0 Å². The van der Waals surface area contributed by atoms with Gasteiger partial charge in [0.1, 0.15) is 0 Å². The second kappa shape index (κ2) is 8.05. The molecule has 0 radical (unpaired) electrons. The average molecular weight is 145 g/mol. The van der Waals surface area contributed by atoms with Gasteiger partial charge in [0.25, 0.3) is 0 Å². The highest BCUT2D eigenvalue weighted by molar-refractivity contribution is 7.99. The topological polar surface area (TPSA) is 12.0 Å². The van der Waals surface area contributed by atoms with Crippen molar-refractivity contribution in [3.63, 3.8) is 0 Å². The quantitative estimate of drug-likeness (QED) is 0.449. The van der Waals surface area contributed by atoms with Gasteiger partial charge in [-0.25, -0.2) is 0 Å². The van der Waals surface area contributed by atoms with E-state index in [4.69, 9.17) is 0 Å². The van der Waals surface area contributed by atoms with Crippen LogP contribution in [0.25, 0.3) is 0 Å². The summed E-state index contributed by atoms with van der Waals surface area (Å²) in [5.41, 5.74) is 0. The van der Waals surface area contributed by atoms with Crippen LogP contribution in [0.15, 0.2) is 12.7 Å². The third kappa shape index (κ3) is 8.05. The van der Waals surface area contributed by atoms with Gasteiger partial charge >= 0.3 is 0 Å². The summed E-state index contributed by atoms with van der Waals surface area (Å²) in [6, 6.07) is 0. The first-order valence-electron chi connectivity index (χ1n) is 3.31. The van der Waals surface area contributed by atoms with E-state index in [2.05, 4.69) is 18.8 Å². The Balaban J connectivity index is 2.66. The Kier molecular flexibility index (Phi) is 8.09. The summed E-state index contributed by atoms with van der Waals surface area (Å²) in [6.07, 6.45) is 1.89. The van der Waals surface area contributed by atoms with Crippen LogP contribution in [0.5, 0.6) is 0 Å². The highest BCUT2D eigenvalue weighted by Gasteiger charge is 1.82. The summed E-state index contributed by atoms with van der Waals surface area (Å²) in [5.74, 6) is 2.43. The van der Waals surface area contributed by atoms with Gasteiger partial charge in [0, 0.05) is 18.8 Å². The van der Waals surface area contributed by atoms with Gasteiger partial charge in [-0.05, 0) is 5.75 Å². The fraction of sp³-hybridized carbons (Fsp3) is 0.714. The Morgan fingerprint density at radius 2 is 2.44 bits per heavy atom. The van der Waals surface area contributed by atoms with E-state index < -0.39 is 0 Å². The molecular formula is C7H15NS. The third-order valence-corrected chi connectivity index (χ3v) is 1.82. The molecule has 0 aromatic carbocycles. The molecule has 0 aromatic rings. The maximum atomic E-state index is 3.61. The maximum absolute atomic E-state index is 3.61. The van der Waals surface area contributed by atoms with Gasteiger partial charge in [-0.15, -0.1) is 6.58 Å². The molecule has 2 heteroatoms. The van der Waals surface area contributed by atoms with E-state index in [9.17, 15) is 0 Å². The van der Waals surface area contributed by atoms with E-state index >= 15 is 0 Å². The highest BCUT2D eigenvalue weighted by atomic mass is 32.2. The molecule has 0 heterocycles. The normalized spacial score (nSPS) is 9.44. The van der Waals surface area contributed by atoms with Gasteiger partial charge in [0.2, 0.25) is 0 Å². The first kappa shape index (κ1) is 9.05. The fourth-order valence-corrected chi connectivity index (χ4v) is 1.07. The van der Waals surface area contributed by atoms with Crippen LogP contribution in [0.1, 0.15) is 6.92 Å². The van der Waals surface area contributed by atoms with Crippen molar-refractivity contribution in [3.8, 4) is 0 Å². The zero-order chi connectivity index (χ0) is 6.95. The van der Waals surface area contributed by atoms with E-state index in [1.165, 1.54) is 11.5 Å². The van der Waals surface area contributed by atoms with Crippen LogP contribution in [-0.4, -0.2) is 24.6 Å². The Bertz CT molecular complexity index is 63.9. The van der Waals surface area contributed by atoms with Gasteiger partial charge in [-0.3, -0.25) is 0 Å². The van der Waals surface area contributed by atoms with Gasteiger partial charge in [-0.1, -0.05) is 13.0 Å². The molecule has 0 aliphatic rings. The SMILES string of the molecule is C=CCNCCSCC. The van der Waals surface area contributed by atoms with Crippen LogP contribution >= 0.6 is 11.8 Å². The van der Waals surface area contributed by atoms with Gasteiger partial charge in [0.05, 0.1) is 0 Å². The monoisotopic (exact) mass is 145 g/mol. The molecule has 54 valence electrons. The lowest BCUT2D eigenvalue weighted by Gasteiger charge is -1.98. The number of nitrogens with one attached hydrogen (secondary N) is 1. The third-order valence-electron chi connectivity index (χ3n) is 0.916. The van der Waals surface area contributed by atoms with Gasteiger partial charge in [-0.2, -0.15) is 11.8 Å². The Hall–Kier alpha value is 0.0500. The molecule has 0 saturated carbocycles. The van der Waals surface area contributed by atoms with Crippen LogP contribution in [0.4, 0.5) is 0 Å². The summed E-state index contributed by atoms with van der Waals surface area (Å²) in [4.78, 5) is 0. The molecule has 0 aliphatic carbocycles. The highest BCUT2D eigenvalue weighted by Crippen LogP contribution is 1.94. The number of hydrogen-bond acceptors (Lipinski definition) is 2. The number of hydrogen-bond donors (Lipinski definition) is 1. The lowest BCUT2D eigenvalue weighted by molar-refractivity contribution is 0.807. The molecule has 0 rings (SSSR count). The van der Waals surface area contributed by atoms with Gasteiger partial charge in [0.15, 0.2) is 0 Å². The molecule has 0 fully saturated rings. The van der Waals surface area contributed by atoms with Crippen LogP contribution in [0.3, 0.4) is 0 Å². The summed E-state index contributed by atoms with van der Waals surface area (Å²) in [7, 11) is 0. The van der Waals surface area contributed by atoms with Crippen molar-refractivity contribution in [2.24, 2.45) is 0 Å². The molecule has 0 bridgehead atoms. The lowest BCUT2D eigenvalue weighted by Crippen LogP contribution is -2.16. The maximum Gasteiger partial charge on any atom is 0.0132 e. The van der Waals surface area contributed by atoms with E-state index in [1.807, 2.05) is 17.8 Å². The van der Waals surface area contributed by atoms with Gasteiger partial charge < -0.3 is 5.32 Å². The lowest BCUT2D eigenvalue weighted by atomic mass is 10.6. The smallest absolute Gasteiger partial charge is 0.0132 e. The molecule has 0 atom stereocenters. The molecule has 0 unspecified atom stereocenters. The molecule has 0 aliphatic heterocycles. The van der Waals surface area contributed by atoms with Crippen LogP contribution in [-0.2, 0) is 0 Å². The Morgan fingerprint density at radius 3 is 3.00 bits per heavy atom. The van der Waals surface area contributed by atoms with Crippen molar-refractivity contribution >= 4 is 11.8 Å². The molecular weight excluding hydrogens is 130 g/mol. The molecule has 0 amide bonds. The Morgan fingerprint density at radius 1 is 1.67 bits per heavy atom. The standard InChI is InChI=1S/C7H15NS/c1-3-5-8-6-7-9-4-2/h3,8H,1,4-7H2,2H3. The van der Waals surface area contributed by atoms with Crippen LogP contribution in [0.2, 0.25) is 0 Å². The van der Waals surface area contributed by atoms with Crippen molar-refractivity contribution in [1.82, 2.24) is 5.32 Å². The second-order valence-electron chi connectivity index (χ2n) is 1.69. The first-order chi connectivity index (χ1) is 4.41. The first-order valence-corrected chi connectivity index (χ1v) is 4.46. The van der Waals surface area contributed by atoms with Crippen molar-refractivity contribution in [2.75, 3.05) is 24.6 Å². The molecule has 9 heavy (non-hydrogen) atoms. The molecule has 0 spiro atoms. The predicted molar refractivity (Wildman–Crippen MR) is 46.1 cm³/mol. The molecule has 1 N–H and O–H groups in total. The van der Waals surface area contributed by atoms with Crippen molar-refractivity contribution < 1.29 is 0 Å². The summed E-state index contributed by atoms with van der Waals surface area (Å²) in [6.45, 7) is 7.82. The van der Waals surface area contributed by atoms with Crippen molar-refractivity contribution in [2.45, 2.75) is 6.92 Å². The minimum atomic E-state index is 0.935. The van der Waals surface area contributed by atoms with E-state index in [1.54, 1.807) is 0 Å². The fourth-order valence-electron chi connectivity index (χ4n) is 0.493. The second-order valence-corrected chi connectivity index (χ2v) is 3.08. The van der Waals surface area contributed by atoms with Crippen molar-refractivity contribution in [3.05, 3.63) is 12.7 Å². The zero-order valence-electron chi connectivity index (χ0n) is 6.02. The Labute approximate surface area is 61.9 Å². The van der Waals surface area contributed by atoms with Crippen LogP contribution < -0.4 is 5.32 Å². The molecule has 0 saturated heterocycles. The number of thioether (sulfide) groups is 1. The average Bonchev–Trinajstić information content (AvgIpc) is 1.89. The molecule has 1 nitrogen and oxygen atoms in total. The van der Waals surface area contributed by atoms with E-state index in [-0.39, 0.29) is 0 Å². The summed E-state index contributed by atoms with van der Waals surface area (Å²) >= 11 is 1.96. The van der Waals surface area contributed by atoms with E-state index in [0.717, 1.165) is 13.1 Å². The zero-order valence-corrected chi connectivity index (χ0v) is 6.84. The summed E-state index contributed by atoms with van der Waals surface area (Å²) < 4.78 is 0. The number of rotatable bonds is 6.